The topological polar surface area (TPSA) is 109 Å². The van der Waals surface area contributed by atoms with Crippen LogP contribution in [0.25, 0.3) is 0 Å². The zero-order valence-corrected chi connectivity index (χ0v) is 5.53. The Balaban J connectivity index is 2.48. The van der Waals surface area contributed by atoms with Crippen LogP contribution in [0.2, 0.25) is 0 Å². The SMILES string of the molecule is O=C1C(=O)C1(O)C1(O)C(=O)C1=O. The van der Waals surface area contributed by atoms with E-state index >= 15 is 0 Å². The predicted octanol–water partition coefficient (Wildman–Crippen LogP) is -3.25. The molecular formula is C6H2O6. The van der Waals surface area contributed by atoms with E-state index in [-0.39, 0.29) is 0 Å². The van der Waals surface area contributed by atoms with Crippen LogP contribution >= 0.6 is 0 Å². The van der Waals surface area contributed by atoms with Gasteiger partial charge in [-0.05, 0) is 0 Å². The summed E-state index contributed by atoms with van der Waals surface area (Å²) >= 11 is 0. The number of aliphatic hydroxyl groups is 2. The van der Waals surface area contributed by atoms with Crippen LogP contribution in [-0.2, 0) is 19.2 Å². The molecule has 2 aliphatic rings. The van der Waals surface area contributed by atoms with Crippen LogP contribution in [0.4, 0.5) is 0 Å². The largest absolute Gasteiger partial charge is 0.371 e. The summed E-state index contributed by atoms with van der Waals surface area (Å²) in [6.07, 6.45) is 0. The maximum atomic E-state index is 10.5. The molecule has 0 aromatic rings. The molecule has 0 unspecified atom stereocenters. The number of Topliss-reactive ketones (excluding diaryl/α,β-unsaturated/α-hetero) is 4. The minimum Gasteiger partial charge on any atom is -0.371 e. The molecule has 0 atom stereocenters. The summed E-state index contributed by atoms with van der Waals surface area (Å²) in [5.41, 5.74) is -5.53. The van der Waals surface area contributed by atoms with Gasteiger partial charge in [0.05, 0.1) is 0 Å². The lowest BCUT2D eigenvalue weighted by Gasteiger charge is -2.03. The van der Waals surface area contributed by atoms with Gasteiger partial charge in [0, 0.05) is 0 Å². The van der Waals surface area contributed by atoms with Crippen molar-refractivity contribution in [2.24, 2.45) is 0 Å². The van der Waals surface area contributed by atoms with Crippen molar-refractivity contribution in [1.29, 1.82) is 0 Å². The van der Waals surface area contributed by atoms with Crippen LogP contribution < -0.4 is 0 Å². The highest BCUT2D eigenvalue weighted by molar-refractivity contribution is 6.78. The van der Waals surface area contributed by atoms with E-state index in [0.29, 0.717) is 0 Å². The van der Waals surface area contributed by atoms with E-state index in [9.17, 15) is 19.2 Å². The van der Waals surface area contributed by atoms with E-state index in [1.54, 1.807) is 0 Å². The Bertz CT molecular complexity index is 300. The highest BCUT2D eigenvalue weighted by Crippen LogP contribution is 2.46. The lowest BCUT2D eigenvalue weighted by molar-refractivity contribution is -0.135. The molecule has 2 fully saturated rings. The first kappa shape index (κ1) is 7.26. The smallest absolute Gasteiger partial charge is 0.245 e. The molecule has 0 saturated heterocycles. The van der Waals surface area contributed by atoms with Crippen LogP contribution in [0.1, 0.15) is 0 Å². The zero-order valence-electron chi connectivity index (χ0n) is 5.53. The third-order valence-corrected chi connectivity index (χ3v) is 2.13. The van der Waals surface area contributed by atoms with Gasteiger partial charge in [-0.1, -0.05) is 0 Å². The Morgan fingerprint density at radius 1 is 0.667 bits per heavy atom. The van der Waals surface area contributed by atoms with Gasteiger partial charge in [0.2, 0.25) is 34.3 Å². The highest BCUT2D eigenvalue weighted by atomic mass is 16.4. The molecule has 0 spiro atoms. The van der Waals surface area contributed by atoms with E-state index in [4.69, 9.17) is 10.2 Å². The van der Waals surface area contributed by atoms with Crippen LogP contribution in [0.5, 0.6) is 0 Å². The maximum Gasteiger partial charge on any atom is 0.245 e. The number of carbonyl (C=O) groups excluding carboxylic acids is 4. The van der Waals surface area contributed by atoms with Crippen molar-refractivity contribution >= 4 is 23.1 Å². The van der Waals surface area contributed by atoms with Crippen LogP contribution in [-0.4, -0.2) is 44.5 Å². The standard InChI is InChI=1S/C6H2O6/c7-1-2(8)5(1,11)6(12)3(9)4(6)10/h11-12H. The molecule has 62 valence electrons. The summed E-state index contributed by atoms with van der Waals surface area (Å²) in [6.45, 7) is 0. The van der Waals surface area contributed by atoms with Gasteiger partial charge >= 0.3 is 0 Å². The summed E-state index contributed by atoms with van der Waals surface area (Å²) in [5.74, 6) is -5.15. The minimum absolute atomic E-state index is 1.29. The van der Waals surface area contributed by atoms with Gasteiger partial charge in [0.25, 0.3) is 0 Å². The molecular weight excluding hydrogens is 168 g/mol. The Hall–Kier alpha value is -1.40. The van der Waals surface area contributed by atoms with E-state index in [0.717, 1.165) is 0 Å². The first-order valence-electron chi connectivity index (χ1n) is 3.01. The fourth-order valence-electron chi connectivity index (χ4n) is 1.11. The molecule has 0 heterocycles. The van der Waals surface area contributed by atoms with Crippen LogP contribution in [0.3, 0.4) is 0 Å². The fraction of sp³-hybridized carbons (Fsp3) is 0.333. The highest BCUT2D eigenvalue weighted by Gasteiger charge is 2.90. The number of hydrogen-bond acceptors (Lipinski definition) is 6. The summed E-state index contributed by atoms with van der Waals surface area (Å²) in [7, 11) is 0. The monoisotopic (exact) mass is 170 g/mol. The number of ketones is 4. The van der Waals surface area contributed by atoms with Gasteiger partial charge in [-0.3, -0.25) is 19.2 Å². The quantitative estimate of drug-likeness (QED) is 0.316. The molecule has 12 heavy (non-hydrogen) atoms. The number of rotatable bonds is 1. The summed E-state index contributed by atoms with van der Waals surface area (Å²) < 4.78 is 0. The first-order chi connectivity index (χ1) is 5.38. The van der Waals surface area contributed by atoms with Gasteiger partial charge in [-0.25, -0.2) is 0 Å². The molecule has 2 rings (SSSR count). The van der Waals surface area contributed by atoms with Crippen molar-refractivity contribution in [3.63, 3.8) is 0 Å². The first-order valence-corrected chi connectivity index (χ1v) is 3.01. The third kappa shape index (κ3) is 0.392. The average Bonchev–Trinajstić information content (AvgIpc) is 2.72. The summed E-state index contributed by atoms with van der Waals surface area (Å²) in [4.78, 5) is 41.8. The van der Waals surface area contributed by atoms with E-state index in [2.05, 4.69) is 0 Å². The molecule has 2 saturated carbocycles. The van der Waals surface area contributed by atoms with E-state index < -0.39 is 34.3 Å². The zero-order chi connectivity index (χ0) is 9.31. The maximum absolute atomic E-state index is 10.5. The Kier molecular flexibility index (Phi) is 0.841. The summed E-state index contributed by atoms with van der Waals surface area (Å²) in [5, 5.41) is 18.0. The van der Waals surface area contributed by atoms with Crippen molar-refractivity contribution in [2.45, 2.75) is 11.2 Å². The fourth-order valence-corrected chi connectivity index (χ4v) is 1.11. The third-order valence-electron chi connectivity index (χ3n) is 2.13. The Morgan fingerprint density at radius 3 is 0.917 bits per heavy atom. The molecule has 0 aliphatic heterocycles. The van der Waals surface area contributed by atoms with E-state index in [1.165, 1.54) is 0 Å². The van der Waals surface area contributed by atoms with Crippen LogP contribution in [0, 0.1) is 0 Å². The normalized spacial score (nSPS) is 29.2. The Labute approximate surface area is 64.8 Å². The molecule has 6 heteroatoms. The molecule has 0 aromatic heterocycles. The molecule has 0 aromatic carbocycles. The second kappa shape index (κ2) is 1.39. The average molecular weight is 170 g/mol. The van der Waals surface area contributed by atoms with Gasteiger partial charge in [0.15, 0.2) is 0 Å². The van der Waals surface area contributed by atoms with Crippen molar-refractivity contribution in [3.8, 4) is 0 Å². The molecule has 0 amide bonds. The van der Waals surface area contributed by atoms with Gasteiger partial charge in [0.1, 0.15) is 0 Å². The minimum atomic E-state index is -2.76. The molecule has 6 nitrogen and oxygen atoms in total. The van der Waals surface area contributed by atoms with Crippen molar-refractivity contribution in [2.75, 3.05) is 0 Å². The summed E-state index contributed by atoms with van der Waals surface area (Å²) in [6, 6.07) is 0. The second-order valence-electron chi connectivity index (χ2n) is 2.74. The second-order valence-corrected chi connectivity index (χ2v) is 2.74. The van der Waals surface area contributed by atoms with E-state index in [1.807, 2.05) is 0 Å². The number of carbonyl (C=O) groups is 4. The Morgan fingerprint density at radius 2 is 0.833 bits per heavy atom. The molecule has 0 bridgehead atoms. The van der Waals surface area contributed by atoms with Crippen LogP contribution in [0.15, 0.2) is 0 Å². The van der Waals surface area contributed by atoms with Gasteiger partial charge in [-0.2, -0.15) is 0 Å². The lowest BCUT2D eigenvalue weighted by Crippen LogP contribution is -2.38. The van der Waals surface area contributed by atoms with Crippen molar-refractivity contribution in [3.05, 3.63) is 0 Å². The van der Waals surface area contributed by atoms with Crippen molar-refractivity contribution < 1.29 is 29.4 Å². The van der Waals surface area contributed by atoms with Gasteiger partial charge in [-0.15, -0.1) is 0 Å². The number of hydrogen-bond donors (Lipinski definition) is 2. The molecule has 2 N–H and O–H groups in total. The van der Waals surface area contributed by atoms with Gasteiger partial charge < -0.3 is 10.2 Å². The predicted molar refractivity (Wildman–Crippen MR) is 29.9 cm³/mol. The lowest BCUT2D eigenvalue weighted by atomic mass is 10.1. The molecule has 0 radical (unpaired) electrons. The van der Waals surface area contributed by atoms with Crippen molar-refractivity contribution in [1.82, 2.24) is 0 Å². The molecule has 2 aliphatic carbocycles.